The molecule has 0 aromatic heterocycles. The van der Waals surface area contributed by atoms with Gasteiger partial charge in [0.15, 0.2) is 0 Å². The third kappa shape index (κ3) is 4.87. The lowest BCUT2D eigenvalue weighted by Crippen LogP contribution is -2.46. The van der Waals surface area contributed by atoms with Crippen molar-refractivity contribution in [3.8, 4) is 0 Å². The molecule has 3 heteroatoms. The van der Waals surface area contributed by atoms with E-state index in [1.54, 1.807) is 0 Å². The monoisotopic (exact) mass is 254 g/mol. The highest BCUT2D eigenvalue weighted by Crippen LogP contribution is 2.15. The maximum absolute atomic E-state index is 5.53. The lowest BCUT2D eigenvalue weighted by Gasteiger charge is -2.34. The maximum atomic E-state index is 5.53. The predicted molar refractivity (Wildman–Crippen MR) is 76.0 cm³/mol. The van der Waals surface area contributed by atoms with Crippen LogP contribution in [0.3, 0.4) is 0 Å². The molecule has 2 aliphatic heterocycles. The molecule has 106 valence electrons. The highest BCUT2D eigenvalue weighted by molar-refractivity contribution is 4.81. The molecule has 0 amide bonds. The van der Waals surface area contributed by atoms with Gasteiger partial charge in [0.2, 0.25) is 0 Å². The number of rotatable bonds is 5. The van der Waals surface area contributed by atoms with Gasteiger partial charge in [-0.1, -0.05) is 13.3 Å². The van der Waals surface area contributed by atoms with E-state index < -0.39 is 0 Å². The molecule has 1 atom stereocenters. The fourth-order valence-corrected chi connectivity index (χ4v) is 3.11. The molecule has 0 aromatic rings. The van der Waals surface area contributed by atoms with E-state index in [1.807, 2.05) is 0 Å². The van der Waals surface area contributed by atoms with E-state index in [-0.39, 0.29) is 0 Å². The van der Waals surface area contributed by atoms with Gasteiger partial charge < -0.3 is 15.0 Å². The van der Waals surface area contributed by atoms with Gasteiger partial charge in [-0.25, -0.2) is 0 Å². The first-order valence-corrected chi connectivity index (χ1v) is 7.94. The van der Waals surface area contributed by atoms with Gasteiger partial charge in [-0.3, -0.25) is 0 Å². The number of ether oxygens (including phenoxy) is 1. The first kappa shape index (κ1) is 14.3. The van der Waals surface area contributed by atoms with Crippen LogP contribution >= 0.6 is 0 Å². The smallest absolute Gasteiger partial charge is 0.0480 e. The summed E-state index contributed by atoms with van der Waals surface area (Å²) in [6, 6.07) is 1.46. The molecule has 0 radical (unpaired) electrons. The Morgan fingerprint density at radius 2 is 1.83 bits per heavy atom. The molecule has 2 heterocycles. The molecular weight excluding hydrogens is 224 g/mol. The van der Waals surface area contributed by atoms with Crippen molar-refractivity contribution >= 4 is 0 Å². The fourth-order valence-electron chi connectivity index (χ4n) is 3.11. The van der Waals surface area contributed by atoms with Crippen LogP contribution in [-0.2, 0) is 4.74 Å². The largest absolute Gasteiger partial charge is 0.381 e. The van der Waals surface area contributed by atoms with E-state index in [9.17, 15) is 0 Å². The Hall–Kier alpha value is -0.120. The predicted octanol–water partition coefficient (Wildman–Crippen LogP) is 2.41. The minimum atomic E-state index is 0.708. The Balaban J connectivity index is 1.63. The highest BCUT2D eigenvalue weighted by atomic mass is 16.5. The van der Waals surface area contributed by atoms with Crippen molar-refractivity contribution in [1.29, 1.82) is 0 Å². The minimum absolute atomic E-state index is 0.708. The van der Waals surface area contributed by atoms with E-state index in [0.717, 1.165) is 19.3 Å². The standard InChI is InChI=1S/C15H30N2O/c1-2-3-9-17-10-6-15(7-11-17)16-14-5-4-12-18-13-8-14/h14-16H,2-13H2,1H3. The van der Waals surface area contributed by atoms with Crippen LogP contribution in [0.4, 0.5) is 0 Å². The SMILES string of the molecule is CCCCN1CCC(NC2CCCOCC2)CC1. The lowest BCUT2D eigenvalue weighted by molar-refractivity contribution is 0.140. The van der Waals surface area contributed by atoms with Crippen LogP contribution in [0, 0.1) is 0 Å². The van der Waals surface area contributed by atoms with Crippen LogP contribution < -0.4 is 5.32 Å². The Bertz CT molecular complexity index is 207. The molecule has 1 N–H and O–H groups in total. The molecule has 0 saturated carbocycles. The normalized spacial score (nSPS) is 28.2. The second-order valence-electron chi connectivity index (χ2n) is 5.88. The van der Waals surface area contributed by atoms with E-state index in [0.29, 0.717) is 6.04 Å². The van der Waals surface area contributed by atoms with Crippen LogP contribution in [0.2, 0.25) is 0 Å². The molecule has 2 saturated heterocycles. The number of piperidine rings is 1. The van der Waals surface area contributed by atoms with Crippen LogP contribution in [0.1, 0.15) is 51.9 Å². The summed E-state index contributed by atoms with van der Waals surface area (Å²) in [5, 5.41) is 3.87. The van der Waals surface area contributed by atoms with E-state index in [4.69, 9.17) is 4.74 Å². The molecule has 0 aromatic carbocycles. The molecule has 1 unspecified atom stereocenters. The zero-order valence-electron chi connectivity index (χ0n) is 12.0. The fraction of sp³-hybridized carbons (Fsp3) is 1.00. The molecule has 2 fully saturated rings. The number of likely N-dealkylation sites (tertiary alicyclic amines) is 1. The van der Waals surface area contributed by atoms with Gasteiger partial charge in [-0.05, 0) is 58.2 Å². The van der Waals surface area contributed by atoms with Gasteiger partial charge in [-0.2, -0.15) is 0 Å². The number of hydrogen-bond donors (Lipinski definition) is 1. The van der Waals surface area contributed by atoms with Gasteiger partial charge in [0, 0.05) is 25.3 Å². The van der Waals surface area contributed by atoms with E-state index in [1.165, 1.54) is 64.6 Å². The van der Waals surface area contributed by atoms with Crippen molar-refractivity contribution in [1.82, 2.24) is 10.2 Å². The summed E-state index contributed by atoms with van der Waals surface area (Å²) in [6.45, 7) is 8.09. The van der Waals surface area contributed by atoms with Gasteiger partial charge in [0.1, 0.15) is 0 Å². The third-order valence-electron chi connectivity index (χ3n) is 4.34. The average Bonchev–Trinajstić information content (AvgIpc) is 2.67. The molecule has 18 heavy (non-hydrogen) atoms. The topological polar surface area (TPSA) is 24.5 Å². The first-order valence-electron chi connectivity index (χ1n) is 7.94. The van der Waals surface area contributed by atoms with Gasteiger partial charge in [0.25, 0.3) is 0 Å². The summed E-state index contributed by atoms with van der Waals surface area (Å²) in [5.41, 5.74) is 0. The second-order valence-corrected chi connectivity index (χ2v) is 5.88. The summed E-state index contributed by atoms with van der Waals surface area (Å²) < 4.78 is 5.53. The highest BCUT2D eigenvalue weighted by Gasteiger charge is 2.21. The first-order chi connectivity index (χ1) is 8.88. The van der Waals surface area contributed by atoms with Crippen LogP contribution in [0.15, 0.2) is 0 Å². The van der Waals surface area contributed by atoms with Crippen molar-refractivity contribution in [2.45, 2.75) is 64.0 Å². The Kier molecular flexibility index (Phi) is 6.46. The molecule has 0 spiro atoms. The zero-order valence-corrected chi connectivity index (χ0v) is 12.0. The minimum Gasteiger partial charge on any atom is -0.381 e. The Labute approximate surface area is 112 Å². The summed E-state index contributed by atoms with van der Waals surface area (Å²) in [6.07, 6.45) is 9.08. The average molecular weight is 254 g/mol. The molecular formula is C15H30N2O. The van der Waals surface area contributed by atoms with Gasteiger partial charge in [0.05, 0.1) is 0 Å². The summed E-state index contributed by atoms with van der Waals surface area (Å²) in [4.78, 5) is 2.64. The molecule has 3 nitrogen and oxygen atoms in total. The number of nitrogens with one attached hydrogen (secondary N) is 1. The summed E-state index contributed by atoms with van der Waals surface area (Å²) >= 11 is 0. The number of unbranched alkanes of at least 4 members (excludes halogenated alkanes) is 1. The lowest BCUT2D eigenvalue weighted by atomic mass is 10.0. The van der Waals surface area contributed by atoms with Gasteiger partial charge >= 0.3 is 0 Å². The molecule has 0 aliphatic carbocycles. The maximum Gasteiger partial charge on any atom is 0.0480 e. The third-order valence-corrected chi connectivity index (χ3v) is 4.34. The Morgan fingerprint density at radius 3 is 2.61 bits per heavy atom. The van der Waals surface area contributed by atoms with Crippen molar-refractivity contribution < 1.29 is 4.74 Å². The number of nitrogens with zero attached hydrogens (tertiary/aromatic N) is 1. The van der Waals surface area contributed by atoms with Crippen molar-refractivity contribution in [2.75, 3.05) is 32.8 Å². The molecule has 0 bridgehead atoms. The summed E-state index contributed by atoms with van der Waals surface area (Å²) in [7, 11) is 0. The zero-order chi connectivity index (χ0) is 12.6. The molecule has 2 rings (SSSR count). The summed E-state index contributed by atoms with van der Waals surface area (Å²) in [5.74, 6) is 0. The molecule has 2 aliphatic rings. The van der Waals surface area contributed by atoms with Crippen LogP contribution in [0.5, 0.6) is 0 Å². The van der Waals surface area contributed by atoms with Gasteiger partial charge in [-0.15, -0.1) is 0 Å². The van der Waals surface area contributed by atoms with Crippen LogP contribution in [-0.4, -0.2) is 49.8 Å². The van der Waals surface area contributed by atoms with Crippen molar-refractivity contribution in [2.24, 2.45) is 0 Å². The quantitative estimate of drug-likeness (QED) is 0.815. The number of hydrogen-bond acceptors (Lipinski definition) is 3. The van der Waals surface area contributed by atoms with E-state index in [2.05, 4.69) is 17.1 Å². The second kappa shape index (κ2) is 8.13. The van der Waals surface area contributed by atoms with Crippen molar-refractivity contribution in [3.05, 3.63) is 0 Å². The Morgan fingerprint density at radius 1 is 1.06 bits per heavy atom. The van der Waals surface area contributed by atoms with Crippen molar-refractivity contribution in [3.63, 3.8) is 0 Å². The van der Waals surface area contributed by atoms with Crippen LogP contribution in [0.25, 0.3) is 0 Å². The van der Waals surface area contributed by atoms with E-state index >= 15 is 0 Å².